The second-order valence-corrected chi connectivity index (χ2v) is 5.44. The van der Waals surface area contributed by atoms with Gasteiger partial charge in [0.15, 0.2) is 6.61 Å². The van der Waals surface area contributed by atoms with Crippen molar-refractivity contribution in [2.45, 2.75) is 6.92 Å². The van der Waals surface area contributed by atoms with E-state index in [0.29, 0.717) is 11.5 Å². The summed E-state index contributed by atoms with van der Waals surface area (Å²) in [7, 11) is 0. The predicted octanol–water partition coefficient (Wildman–Crippen LogP) is 4.65. The highest BCUT2D eigenvalue weighted by Crippen LogP contribution is 2.29. The van der Waals surface area contributed by atoms with Gasteiger partial charge in [-0.1, -0.05) is 60.7 Å². The van der Waals surface area contributed by atoms with Crippen molar-refractivity contribution in [1.29, 1.82) is 0 Å². The van der Waals surface area contributed by atoms with E-state index in [1.165, 1.54) is 0 Å². The van der Waals surface area contributed by atoms with Crippen LogP contribution < -0.4 is 9.47 Å². The van der Waals surface area contributed by atoms with E-state index in [4.69, 9.17) is 9.47 Å². The highest BCUT2D eigenvalue weighted by atomic mass is 16.6. The molecule has 0 aliphatic heterocycles. The number of esters is 1. The zero-order valence-electron chi connectivity index (χ0n) is 13.4. The third-order valence-electron chi connectivity index (χ3n) is 3.54. The number of para-hydroxylation sites is 1. The average molecular weight is 318 g/mol. The Balaban J connectivity index is 1.69. The monoisotopic (exact) mass is 318 g/mol. The zero-order chi connectivity index (χ0) is 16.8. The van der Waals surface area contributed by atoms with E-state index < -0.39 is 5.97 Å². The van der Waals surface area contributed by atoms with Gasteiger partial charge < -0.3 is 9.47 Å². The Kier molecular flexibility index (Phi) is 4.92. The summed E-state index contributed by atoms with van der Waals surface area (Å²) in [6.45, 7) is 1.84. The lowest BCUT2D eigenvalue weighted by molar-refractivity contribution is -0.136. The maximum absolute atomic E-state index is 12.1. The van der Waals surface area contributed by atoms with E-state index in [1.54, 1.807) is 6.07 Å². The van der Waals surface area contributed by atoms with E-state index >= 15 is 0 Å². The predicted molar refractivity (Wildman–Crippen MR) is 94.2 cm³/mol. The molecule has 0 heterocycles. The molecule has 0 spiro atoms. The number of ether oxygens (including phenoxy) is 2. The largest absolute Gasteiger partial charge is 0.482 e. The fourth-order valence-electron chi connectivity index (χ4n) is 2.41. The van der Waals surface area contributed by atoms with E-state index in [1.807, 2.05) is 79.7 Å². The summed E-state index contributed by atoms with van der Waals surface area (Å²) in [5.74, 6) is 0.754. The highest BCUT2D eigenvalue weighted by molar-refractivity contribution is 5.78. The smallest absolute Gasteiger partial charge is 0.349 e. The molecule has 3 rings (SSSR count). The van der Waals surface area contributed by atoms with Crippen LogP contribution in [0.15, 0.2) is 78.9 Å². The molecule has 0 aliphatic rings. The Morgan fingerprint density at radius 2 is 1.62 bits per heavy atom. The first-order valence-electron chi connectivity index (χ1n) is 7.77. The van der Waals surface area contributed by atoms with E-state index in [-0.39, 0.29) is 6.61 Å². The van der Waals surface area contributed by atoms with Gasteiger partial charge in [-0.2, -0.15) is 0 Å². The Hall–Kier alpha value is -3.07. The molecule has 0 aliphatic carbocycles. The molecule has 3 nitrogen and oxygen atoms in total. The third-order valence-corrected chi connectivity index (χ3v) is 3.54. The van der Waals surface area contributed by atoms with Crippen molar-refractivity contribution in [3.05, 3.63) is 84.4 Å². The molecule has 0 N–H and O–H groups in total. The molecule has 0 bridgehead atoms. The number of carbonyl (C=O) groups excluding carboxylic acids is 1. The summed E-state index contributed by atoms with van der Waals surface area (Å²) in [6.07, 6.45) is 0. The molecule has 0 saturated heterocycles. The number of aryl methyl sites for hydroxylation is 1. The summed E-state index contributed by atoms with van der Waals surface area (Å²) < 4.78 is 11.0. The Morgan fingerprint density at radius 3 is 2.42 bits per heavy atom. The normalized spacial score (nSPS) is 10.2. The zero-order valence-corrected chi connectivity index (χ0v) is 13.4. The van der Waals surface area contributed by atoms with Crippen LogP contribution in [0.5, 0.6) is 11.5 Å². The standard InChI is InChI=1S/C21H18O3/c1-16-8-7-11-18(14-16)23-15-21(22)24-20-13-6-5-12-19(20)17-9-3-2-4-10-17/h2-14H,15H2,1H3. The molecular formula is C21H18O3. The van der Waals surface area contributed by atoms with Gasteiger partial charge in [0, 0.05) is 5.56 Å². The molecule has 0 unspecified atom stereocenters. The van der Waals surface area contributed by atoms with Gasteiger partial charge in [0.1, 0.15) is 11.5 Å². The first-order valence-corrected chi connectivity index (χ1v) is 7.77. The summed E-state index contributed by atoms with van der Waals surface area (Å²) in [5.41, 5.74) is 2.96. The second-order valence-electron chi connectivity index (χ2n) is 5.44. The first-order chi connectivity index (χ1) is 11.7. The molecule has 0 atom stereocenters. The molecule has 0 radical (unpaired) electrons. The molecule has 120 valence electrons. The van der Waals surface area contributed by atoms with Crippen molar-refractivity contribution in [3.8, 4) is 22.6 Å². The number of carbonyl (C=O) groups is 1. The lowest BCUT2D eigenvalue weighted by Gasteiger charge is -2.11. The van der Waals surface area contributed by atoms with Crippen LogP contribution in [-0.2, 0) is 4.79 Å². The number of hydrogen-bond acceptors (Lipinski definition) is 3. The minimum Gasteiger partial charge on any atom is -0.482 e. The second kappa shape index (κ2) is 7.47. The van der Waals surface area contributed by atoms with Gasteiger partial charge in [0.25, 0.3) is 0 Å². The minimum absolute atomic E-state index is 0.132. The van der Waals surface area contributed by atoms with Crippen LogP contribution in [-0.4, -0.2) is 12.6 Å². The van der Waals surface area contributed by atoms with Gasteiger partial charge in [0.05, 0.1) is 0 Å². The van der Waals surface area contributed by atoms with Crippen molar-refractivity contribution in [2.75, 3.05) is 6.61 Å². The lowest BCUT2D eigenvalue weighted by atomic mass is 10.1. The third kappa shape index (κ3) is 4.02. The molecule has 0 saturated carbocycles. The fourth-order valence-corrected chi connectivity index (χ4v) is 2.41. The van der Waals surface area contributed by atoms with E-state index in [2.05, 4.69) is 0 Å². The average Bonchev–Trinajstić information content (AvgIpc) is 2.61. The van der Waals surface area contributed by atoms with Crippen molar-refractivity contribution in [3.63, 3.8) is 0 Å². The molecule has 3 aromatic carbocycles. The first kappa shape index (κ1) is 15.8. The van der Waals surface area contributed by atoms with Crippen molar-refractivity contribution < 1.29 is 14.3 Å². The summed E-state index contributed by atoms with van der Waals surface area (Å²) in [4.78, 5) is 12.1. The number of rotatable bonds is 5. The molecular weight excluding hydrogens is 300 g/mol. The maximum Gasteiger partial charge on any atom is 0.349 e. The maximum atomic E-state index is 12.1. The molecule has 0 amide bonds. The van der Waals surface area contributed by atoms with Crippen LogP contribution in [0, 0.1) is 6.92 Å². The molecule has 3 heteroatoms. The van der Waals surface area contributed by atoms with Crippen LogP contribution in [0.2, 0.25) is 0 Å². The summed E-state index contributed by atoms with van der Waals surface area (Å²) in [6, 6.07) is 24.9. The van der Waals surface area contributed by atoms with Crippen LogP contribution >= 0.6 is 0 Å². The Labute approximate surface area is 141 Å². The lowest BCUT2D eigenvalue weighted by Crippen LogP contribution is -2.18. The topological polar surface area (TPSA) is 35.5 Å². The van der Waals surface area contributed by atoms with Crippen molar-refractivity contribution in [2.24, 2.45) is 0 Å². The molecule has 0 aromatic heterocycles. The van der Waals surface area contributed by atoms with Crippen LogP contribution in [0.4, 0.5) is 0 Å². The number of benzene rings is 3. The van der Waals surface area contributed by atoms with Crippen molar-refractivity contribution >= 4 is 5.97 Å². The van der Waals surface area contributed by atoms with Gasteiger partial charge in [0.2, 0.25) is 0 Å². The summed E-state index contributed by atoms with van der Waals surface area (Å²) >= 11 is 0. The van der Waals surface area contributed by atoms with Gasteiger partial charge in [-0.3, -0.25) is 0 Å². The van der Waals surface area contributed by atoms with E-state index in [0.717, 1.165) is 16.7 Å². The molecule has 3 aromatic rings. The summed E-state index contributed by atoms with van der Waals surface area (Å²) in [5, 5.41) is 0. The highest BCUT2D eigenvalue weighted by Gasteiger charge is 2.11. The van der Waals surface area contributed by atoms with Gasteiger partial charge in [-0.15, -0.1) is 0 Å². The van der Waals surface area contributed by atoms with Crippen LogP contribution in [0.3, 0.4) is 0 Å². The van der Waals surface area contributed by atoms with Crippen LogP contribution in [0.1, 0.15) is 5.56 Å². The minimum atomic E-state index is -0.431. The molecule has 24 heavy (non-hydrogen) atoms. The van der Waals surface area contributed by atoms with Gasteiger partial charge in [-0.25, -0.2) is 4.79 Å². The van der Waals surface area contributed by atoms with Gasteiger partial charge >= 0.3 is 5.97 Å². The van der Waals surface area contributed by atoms with Crippen LogP contribution in [0.25, 0.3) is 11.1 Å². The fraction of sp³-hybridized carbons (Fsp3) is 0.0952. The van der Waals surface area contributed by atoms with Gasteiger partial charge in [-0.05, 0) is 36.2 Å². The quantitative estimate of drug-likeness (QED) is 0.507. The van der Waals surface area contributed by atoms with E-state index in [9.17, 15) is 4.79 Å². The molecule has 0 fully saturated rings. The Morgan fingerprint density at radius 1 is 0.875 bits per heavy atom. The van der Waals surface area contributed by atoms with Crippen molar-refractivity contribution in [1.82, 2.24) is 0 Å². The number of hydrogen-bond donors (Lipinski definition) is 0. The Bertz CT molecular complexity index is 825. The SMILES string of the molecule is Cc1cccc(OCC(=O)Oc2ccccc2-c2ccccc2)c1.